The van der Waals surface area contributed by atoms with Crippen molar-refractivity contribution in [2.24, 2.45) is 0 Å². The highest BCUT2D eigenvalue weighted by Gasteiger charge is 2.31. The Morgan fingerprint density at radius 2 is 1.39 bits per heavy atom. The Morgan fingerprint density at radius 1 is 0.795 bits per heavy atom. The van der Waals surface area contributed by atoms with Crippen LogP contribution in [-0.2, 0) is 11.0 Å². The number of nitrogens with one attached hydrogen (secondary N) is 1. The Hall–Kier alpha value is -4.01. The normalized spacial score (nSPS) is 11.3. The highest BCUT2D eigenvalue weighted by Crippen LogP contribution is 2.42. The molecule has 0 aliphatic rings. The van der Waals surface area contributed by atoms with E-state index in [1.54, 1.807) is 30.3 Å². The second-order valence-electron chi connectivity index (χ2n) is 10.8. The van der Waals surface area contributed by atoms with Gasteiger partial charge in [-0.05, 0) is 53.9 Å². The molecule has 3 rings (SSSR count). The zero-order valence-electron chi connectivity index (χ0n) is 25.5. The Balaban J connectivity index is 1.87. The number of halogens is 3. The lowest BCUT2D eigenvalue weighted by Crippen LogP contribution is -2.24. The quantitative estimate of drug-likeness (QED) is 0.140. The van der Waals surface area contributed by atoms with Gasteiger partial charge in [0.25, 0.3) is 5.91 Å². The molecule has 0 spiro atoms. The summed E-state index contributed by atoms with van der Waals surface area (Å²) in [4.78, 5) is 24.8. The van der Waals surface area contributed by atoms with Crippen LogP contribution in [0.1, 0.15) is 87.1 Å². The van der Waals surface area contributed by atoms with Crippen molar-refractivity contribution >= 4 is 11.9 Å². The van der Waals surface area contributed by atoms with Crippen LogP contribution in [0.5, 0.6) is 11.5 Å². The van der Waals surface area contributed by atoms with Crippen molar-refractivity contribution in [3.63, 3.8) is 0 Å². The van der Waals surface area contributed by atoms with Gasteiger partial charge in [-0.3, -0.25) is 4.79 Å². The maximum atomic E-state index is 13.6. The van der Waals surface area contributed by atoms with Crippen LogP contribution in [0, 0.1) is 0 Å². The van der Waals surface area contributed by atoms with Crippen molar-refractivity contribution < 1.29 is 37.3 Å². The SMILES string of the molecule is CCCCCCCCCCCCNC(=O)c1cc(-c2ccc(OC)cc2)c(OCC(=O)O)c(-c2cccc(C(F)(F)F)c2)c1. The molecule has 0 atom stereocenters. The Morgan fingerprint density at radius 3 is 1.95 bits per heavy atom. The summed E-state index contributed by atoms with van der Waals surface area (Å²) in [5, 5.41) is 12.3. The van der Waals surface area contributed by atoms with Gasteiger partial charge >= 0.3 is 12.1 Å². The Labute approximate surface area is 257 Å². The summed E-state index contributed by atoms with van der Waals surface area (Å²) in [7, 11) is 1.52. The number of rotatable bonds is 18. The first kappa shape index (κ1) is 34.5. The van der Waals surface area contributed by atoms with Crippen LogP contribution in [-0.4, -0.2) is 37.2 Å². The molecule has 0 aliphatic carbocycles. The summed E-state index contributed by atoms with van der Waals surface area (Å²) < 4.78 is 51.8. The number of carboxylic acid groups (broad SMARTS) is 1. The van der Waals surface area contributed by atoms with E-state index in [1.165, 1.54) is 70.3 Å². The number of hydrogen-bond acceptors (Lipinski definition) is 4. The summed E-state index contributed by atoms with van der Waals surface area (Å²) in [6.45, 7) is 1.95. The molecular formula is C35H42F3NO5. The van der Waals surface area contributed by atoms with Gasteiger partial charge in [-0.25, -0.2) is 4.79 Å². The summed E-state index contributed by atoms with van der Waals surface area (Å²) in [6, 6.07) is 14.5. The highest BCUT2D eigenvalue weighted by atomic mass is 19.4. The molecule has 238 valence electrons. The summed E-state index contributed by atoms with van der Waals surface area (Å²) in [6.07, 6.45) is 7.06. The molecule has 0 bridgehead atoms. The fourth-order valence-corrected chi connectivity index (χ4v) is 5.03. The molecule has 3 aromatic rings. The molecule has 0 fully saturated rings. The van der Waals surface area contributed by atoms with E-state index in [1.807, 2.05) is 0 Å². The molecule has 3 aromatic carbocycles. The lowest BCUT2D eigenvalue weighted by Gasteiger charge is -2.19. The third-order valence-electron chi connectivity index (χ3n) is 7.41. The van der Waals surface area contributed by atoms with Gasteiger partial charge in [0.2, 0.25) is 0 Å². The van der Waals surface area contributed by atoms with Crippen LogP contribution < -0.4 is 14.8 Å². The maximum absolute atomic E-state index is 13.6. The highest BCUT2D eigenvalue weighted by molar-refractivity contribution is 5.99. The average Bonchev–Trinajstić information content (AvgIpc) is 3.01. The number of unbranched alkanes of at least 4 members (excludes halogenated alkanes) is 9. The van der Waals surface area contributed by atoms with Crippen molar-refractivity contribution in [1.82, 2.24) is 5.32 Å². The first-order valence-electron chi connectivity index (χ1n) is 15.3. The number of carbonyl (C=O) groups excluding carboxylic acids is 1. The Bertz CT molecular complexity index is 1360. The third-order valence-corrected chi connectivity index (χ3v) is 7.41. The van der Waals surface area contributed by atoms with Crippen LogP contribution in [0.4, 0.5) is 13.2 Å². The first-order valence-corrected chi connectivity index (χ1v) is 15.3. The maximum Gasteiger partial charge on any atom is 0.416 e. The monoisotopic (exact) mass is 613 g/mol. The van der Waals surface area contributed by atoms with E-state index in [0.29, 0.717) is 23.4 Å². The van der Waals surface area contributed by atoms with Gasteiger partial charge in [-0.15, -0.1) is 0 Å². The molecule has 6 nitrogen and oxygen atoms in total. The van der Waals surface area contributed by atoms with Crippen molar-refractivity contribution in [1.29, 1.82) is 0 Å². The first-order chi connectivity index (χ1) is 21.1. The van der Waals surface area contributed by atoms with Crippen LogP contribution in [0.15, 0.2) is 60.7 Å². The third kappa shape index (κ3) is 10.6. The number of ether oxygens (including phenoxy) is 2. The lowest BCUT2D eigenvalue weighted by atomic mass is 9.93. The van der Waals surface area contributed by atoms with Crippen molar-refractivity contribution in [3.8, 4) is 33.8 Å². The molecule has 0 heterocycles. The van der Waals surface area contributed by atoms with Gasteiger partial charge in [-0.2, -0.15) is 13.2 Å². The molecule has 2 N–H and O–H groups in total. The molecule has 0 aromatic heterocycles. The lowest BCUT2D eigenvalue weighted by molar-refractivity contribution is -0.139. The van der Waals surface area contributed by atoms with Gasteiger partial charge < -0.3 is 19.9 Å². The van der Waals surface area contributed by atoms with Gasteiger partial charge in [0.15, 0.2) is 6.61 Å². The number of alkyl halides is 3. The van der Waals surface area contributed by atoms with E-state index in [4.69, 9.17) is 9.47 Å². The van der Waals surface area contributed by atoms with Crippen LogP contribution in [0.3, 0.4) is 0 Å². The summed E-state index contributed by atoms with van der Waals surface area (Å²) in [5.41, 5.74) is 0.602. The molecule has 0 aliphatic heterocycles. The number of carbonyl (C=O) groups is 2. The molecule has 0 saturated carbocycles. The van der Waals surface area contributed by atoms with Crippen molar-refractivity contribution in [3.05, 3.63) is 71.8 Å². The van der Waals surface area contributed by atoms with E-state index in [2.05, 4.69) is 12.2 Å². The topological polar surface area (TPSA) is 84.9 Å². The molecule has 0 unspecified atom stereocenters. The molecular weight excluding hydrogens is 571 g/mol. The van der Waals surface area contributed by atoms with Gasteiger partial charge in [0.05, 0.1) is 12.7 Å². The van der Waals surface area contributed by atoms with Crippen LogP contribution in [0.2, 0.25) is 0 Å². The standard InChI is InChI=1S/C35H42F3NO5/c1-3-4-5-6-7-8-9-10-11-12-20-39-34(42)27-22-30(25-16-18-29(43-2)19-17-25)33(44-24-32(40)41)31(23-27)26-14-13-15-28(21-26)35(36,37)38/h13-19,21-23H,3-12,20,24H2,1-2H3,(H,39,42)(H,40,41). The summed E-state index contributed by atoms with van der Waals surface area (Å²) >= 11 is 0. The van der Waals surface area contributed by atoms with Gasteiger partial charge in [-0.1, -0.05) is 89.0 Å². The zero-order valence-corrected chi connectivity index (χ0v) is 25.5. The van der Waals surface area contributed by atoms with Crippen molar-refractivity contribution in [2.75, 3.05) is 20.3 Å². The number of hydrogen-bond donors (Lipinski definition) is 2. The number of methoxy groups -OCH3 is 1. The van der Waals surface area contributed by atoms with E-state index >= 15 is 0 Å². The fourth-order valence-electron chi connectivity index (χ4n) is 5.03. The Kier molecular flexibility index (Phi) is 13.6. The molecule has 44 heavy (non-hydrogen) atoms. The smallest absolute Gasteiger partial charge is 0.416 e. The molecule has 0 saturated heterocycles. The van der Waals surface area contributed by atoms with Gasteiger partial charge in [0.1, 0.15) is 11.5 Å². The molecule has 9 heteroatoms. The van der Waals surface area contributed by atoms with Crippen molar-refractivity contribution in [2.45, 2.75) is 77.3 Å². The number of amides is 1. The van der Waals surface area contributed by atoms with Crippen LogP contribution in [0.25, 0.3) is 22.3 Å². The fraction of sp³-hybridized carbons (Fsp3) is 0.429. The van der Waals surface area contributed by atoms with Gasteiger partial charge in [0, 0.05) is 23.2 Å². The minimum Gasteiger partial charge on any atom is -0.497 e. The predicted molar refractivity (Wildman–Crippen MR) is 166 cm³/mol. The second-order valence-corrected chi connectivity index (χ2v) is 10.8. The average molecular weight is 614 g/mol. The van der Waals surface area contributed by atoms with E-state index < -0.39 is 24.3 Å². The minimum absolute atomic E-state index is 0.0585. The van der Waals surface area contributed by atoms with E-state index in [9.17, 15) is 27.9 Å². The number of benzene rings is 3. The van der Waals surface area contributed by atoms with Crippen LogP contribution >= 0.6 is 0 Å². The van der Waals surface area contributed by atoms with E-state index in [-0.39, 0.29) is 28.3 Å². The number of carboxylic acids is 1. The molecule has 0 radical (unpaired) electrons. The molecule has 1 amide bonds. The predicted octanol–water partition coefficient (Wildman–Crippen LogP) is 9.16. The minimum atomic E-state index is -4.60. The largest absolute Gasteiger partial charge is 0.497 e. The van der Waals surface area contributed by atoms with E-state index in [0.717, 1.165) is 31.4 Å². The second kappa shape index (κ2) is 17.3. The zero-order chi connectivity index (χ0) is 32.0. The summed E-state index contributed by atoms with van der Waals surface area (Å²) in [5.74, 6) is -0.999. The number of aliphatic carboxylic acids is 1.